The molecule has 0 aliphatic carbocycles. The predicted octanol–water partition coefficient (Wildman–Crippen LogP) is 6.68. The maximum atomic E-state index is 14.3. The van der Waals surface area contributed by atoms with E-state index >= 15 is 0 Å². The highest BCUT2D eigenvalue weighted by Gasteiger charge is 2.33. The lowest BCUT2D eigenvalue weighted by molar-refractivity contribution is -0.136. The molecule has 0 saturated carbocycles. The molecule has 0 unspecified atom stereocenters. The van der Waals surface area contributed by atoms with Gasteiger partial charge in [-0.3, -0.25) is 9.36 Å². The number of benzene rings is 5. The first-order valence-electron chi connectivity index (χ1n) is 14.9. The van der Waals surface area contributed by atoms with Gasteiger partial charge >= 0.3 is 5.97 Å². The summed E-state index contributed by atoms with van der Waals surface area (Å²) in [4.78, 5) is 32.8. The van der Waals surface area contributed by atoms with Crippen LogP contribution >= 0.6 is 11.3 Å². The Kier molecular flexibility index (Phi) is 7.61. The Balaban J connectivity index is 1.40. The van der Waals surface area contributed by atoms with Crippen molar-refractivity contribution in [2.75, 3.05) is 7.11 Å². The largest absolute Gasteiger partial charge is 0.488 e. The molecular weight excluding hydrogens is 580 g/mol. The van der Waals surface area contributed by atoms with Crippen LogP contribution in [0.1, 0.15) is 36.1 Å². The summed E-state index contributed by atoms with van der Waals surface area (Å²) in [6.07, 6.45) is 2.43. The Bertz CT molecular complexity index is 2300. The number of allylic oxidation sites excluding steroid dienone is 1. The number of aromatic nitrogens is 1. The van der Waals surface area contributed by atoms with Crippen molar-refractivity contribution in [3.8, 4) is 5.75 Å². The van der Waals surface area contributed by atoms with Crippen molar-refractivity contribution in [2.45, 2.75) is 26.0 Å². The highest BCUT2D eigenvalue weighted by Crippen LogP contribution is 2.33. The SMILES string of the molecule is CCC1=C(C(=O)OC)[C@H](c2ccccc2)n2c(s/c(=C/c3c(OCc4cccc5ccccc45)ccc4ccccc34)c2=O)=N1. The number of carbonyl (C=O) groups is 1. The molecule has 7 heteroatoms. The van der Waals surface area contributed by atoms with Crippen molar-refractivity contribution in [2.24, 2.45) is 4.99 Å². The second kappa shape index (κ2) is 12.0. The van der Waals surface area contributed by atoms with E-state index in [1.807, 2.05) is 97.9 Å². The van der Waals surface area contributed by atoms with E-state index < -0.39 is 12.0 Å². The summed E-state index contributed by atoms with van der Waals surface area (Å²) in [7, 11) is 1.36. The molecule has 7 rings (SSSR count). The van der Waals surface area contributed by atoms with Gasteiger partial charge in [-0.2, -0.15) is 0 Å². The molecule has 6 aromatic rings. The number of rotatable bonds is 7. The summed E-state index contributed by atoms with van der Waals surface area (Å²) in [6, 6.07) is 35.5. The van der Waals surface area contributed by atoms with Gasteiger partial charge in [-0.05, 0) is 51.2 Å². The van der Waals surface area contributed by atoms with Crippen molar-refractivity contribution < 1.29 is 14.3 Å². The smallest absolute Gasteiger partial charge is 0.338 e. The molecule has 0 amide bonds. The third-order valence-corrected chi connectivity index (χ3v) is 9.22. The molecule has 0 saturated heterocycles. The van der Waals surface area contributed by atoms with Crippen LogP contribution in [0.25, 0.3) is 27.6 Å². The minimum atomic E-state index is -0.651. The zero-order chi connectivity index (χ0) is 30.9. The molecule has 0 radical (unpaired) electrons. The number of nitrogens with zero attached hydrogens (tertiary/aromatic N) is 2. The topological polar surface area (TPSA) is 69.9 Å². The summed E-state index contributed by atoms with van der Waals surface area (Å²) in [5.41, 5.74) is 3.49. The monoisotopic (exact) mass is 610 g/mol. The van der Waals surface area contributed by atoms with E-state index in [0.717, 1.165) is 38.2 Å². The molecule has 1 aromatic heterocycles. The Morgan fingerprint density at radius 3 is 2.31 bits per heavy atom. The number of hydrogen-bond donors (Lipinski definition) is 0. The fourth-order valence-electron chi connectivity index (χ4n) is 6.07. The molecule has 0 fully saturated rings. The van der Waals surface area contributed by atoms with E-state index in [-0.39, 0.29) is 5.56 Å². The number of thiazole rings is 1. The van der Waals surface area contributed by atoms with Crippen LogP contribution in [0.5, 0.6) is 5.75 Å². The van der Waals surface area contributed by atoms with Crippen LogP contribution in [-0.2, 0) is 16.1 Å². The number of ether oxygens (including phenoxy) is 2. The molecule has 2 heterocycles. The Labute approximate surface area is 263 Å². The third kappa shape index (κ3) is 5.15. The standard InChI is InChI=1S/C38H30N2O4S/c1-3-31-34(37(42)43-2)35(26-14-5-4-6-15-26)40-36(41)33(45-38(40)39-31)22-30-29-19-10-8-13-25(29)20-21-32(30)44-23-27-17-11-16-24-12-7-9-18-28(24)27/h4-22,35H,3,23H2,1-2H3/b33-22+/t35-/m0/s1. The quantitative estimate of drug-likeness (QED) is 0.189. The second-order valence-electron chi connectivity index (χ2n) is 10.8. The van der Waals surface area contributed by atoms with Crippen molar-refractivity contribution in [1.29, 1.82) is 0 Å². The van der Waals surface area contributed by atoms with E-state index in [1.54, 1.807) is 4.57 Å². The average Bonchev–Trinajstić information content (AvgIpc) is 3.40. The van der Waals surface area contributed by atoms with E-state index in [9.17, 15) is 9.59 Å². The molecule has 45 heavy (non-hydrogen) atoms. The zero-order valence-electron chi connectivity index (χ0n) is 24.9. The van der Waals surface area contributed by atoms with Crippen molar-refractivity contribution >= 4 is 44.9 Å². The van der Waals surface area contributed by atoms with Gasteiger partial charge < -0.3 is 9.47 Å². The fourth-order valence-corrected chi connectivity index (χ4v) is 7.07. The summed E-state index contributed by atoms with van der Waals surface area (Å²) in [5, 5.41) is 4.31. The maximum absolute atomic E-state index is 14.3. The van der Waals surface area contributed by atoms with Crippen molar-refractivity contribution in [3.05, 3.63) is 157 Å². The minimum Gasteiger partial charge on any atom is -0.488 e. The van der Waals surface area contributed by atoms with Crippen LogP contribution in [-0.4, -0.2) is 17.6 Å². The normalized spacial score (nSPS) is 14.8. The fraction of sp³-hybridized carbons (Fsp3) is 0.132. The van der Waals surface area contributed by atoms with Crippen LogP contribution in [0, 0.1) is 0 Å². The first-order valence-corrected chi connectivity index (χ1v) is 15.7. The van der Waals surface area contributed by atoms with E-state index in [1.165, 1.54) is 18.4 Å². The Morgan fingerprint density at radius 1 is 0.867 bits per heavy atom. The number of fused-ring (bicyclic) bond motifs is 3. The predicted molar refractivity (Wildman–Crippen MR) is 179 cm³/mol. The average molecular weight is 611 g/mol. The van der Waals surface area contributed by atoms with Crippen LogP contribution in [0.3, 0.4) is 0 Å². The number of methoxy groups -OCH3 is 1. The Morgan fingerprint density at radius 2 is 1.56 bits per heavy atom. The summed E-state index contributed by atoms with van der Waals surface area (Å²) in [5.74, 6) is 0.188. The van der Waals surface area contributed by atoms with Gasteiger partial charge in [0.25, 0.3) is 5.56 Å². The lowest BCUT2D eigenvalue weighted by Gasteiger charge is -2.25. The lowest BCUT2D eigenvalue weighted by Crippen LogP contribution is -2.40. The van der Waals surface area contributed by atoms with E-state index in [2.05, 4.69) is 24.3 Å². The van der Waals surface area contributed by atoms with Gasteiger partial charge in [0.2, 0.25) is 0 Å². The van der Waals surface area contributed by atoms with E-state index in [0.29, 0.717) is 39.4 Å². The molecule has 1 atom stereocenters. The molecule has 1 aliphatic heterocycles. The molecule has 0 N–H and O–H groups in total. The molecule has 5 aromatic carbocycles. The van der Waals surface area contributed by atoms with Gasteiger partial charge in [0.15, 0.2) is 4.80 Å². The molecular formula is C38H30N2O4S. The summed E-state index contributed by atoms with van der Waals surface area (Å²) >= 11 is 1.32. The molecule has 1 aliphatic rings. The lowest BCUT2D eigenvalue weighted by atomic mass is 9.95. The van der Waals surface area contributed by atoms with Crippen LogP contribution in [0.4, 0.5) is 0 Å². The van der Waals surface area contributed by atoms with Crippen molar-refractivity contribution in [1.82, 2.24) is 4.57 Å². The van der Waals surface area contributed by atoms with Crippen LogP contribution < -0.4 is 19.6 Å². The van der Waals surface area contributed by atoms with Gasteiger partial charge in [0, 0.05) is 5.56 Å². The van der Waals surface area contributed by atoms with E-state index in [4.69, 9.17) is 14.5 Å². The van der Waals surface area contributed by atoms with Gasteiger partial charge in [-0.15, -0.1) is 0 Å². The van der Waals surface area contributed by atoms with Crippen LogP contribution in [0.15, 0.2) is 130 Å². The van der Waals surface area contributed by atoms with Crippen LogP contribution in [0.2, 0.25) is 0 Å². The first kappa shape index (κ1) is 28.5. The molecule has 0 bridgehead atoms. The highest BCUT2D eigenvalue weighted by atomic mass is 32.1. The molecule has 222 valence electrons. The van der Waals surface area contributed by atoms with Gasteiger partial charge in [0.05, 0.1) is 29.0 Å². The maximum Gasteiger partial charge on any atom is 0.338 e. The second-order valence-corrected chi connectivity index (χ2v) is 11.8. The number of carbonyl (C=O) groups excluding carboxylic acids is 1. The third-order valence-electron chi connectivity index (χ3n) is 8.23. The van der Waals surface area contributed by atoms with Gasteiger partial charge in [-0.1, -0.05) is 121 Å². The first-order chi connectivity index (χ1) is 22.1. The highest BCUT2D eigenvalue weighted by molar-refractivity contribution is 7.07. The molecule has 6 nitrogen and oxygen atoms in total. The number of esters is 1. The summed E-state index contributed by atoms with van der Waals surface area (Å²) < 4.78 is 13.8. The summed E-state index contributed by atoms with van der Waals surface area (Å²) in [6.45, 7) is 2.33. The molecule has 0 spiro atoms. The number of hydrogen-bond acceptors (Lipinski definition) is 6. The zero-order valence-corrected chi connectivity index (χ0v) is 25.7. The minimum absolute atomic E-state index is 0.225. The van der Waals surface area contributed by atoms with Gasteiger partial charge in [0.1, 0.15) is 12.4 Å². The van der Waals surface area contributed by atoms with Gasteiger partial charge in [-0.25, -0.2) is 9.79 Å². The van der Waals surface area contributed by atoms with Crippen molar-refractivity contribution in [3.63, 3.8) is 0 Å². The Hall–Kier alpha value is -5.27.